The lowest BCUT2D eigenvalue weighted by Gasteiger charge is -2.12. The molecule has 0 spiro atoms. The minimum absolute atomic E-state index is 0.189. The number of oxime groups is 1. The molecular weight excluding hydrogens is 290 g/mol. The van der Waals surface area contributed by atoms with E-state index in [9.17, 15) is 4.79 Å². The summed E-state index contributed by atoms with van der Waals surface area (Å²) in [5, 5.41) is 6.64. The van der Waals surface area contributed by atoms with Gasteiger partial charge in [-0.05, 0) is 24.5 Å². The van der Waals surface area contributed by atoms with Gasteiger partial charge >= 0.3 is 0 Å². The Labute approximate surface area is 136 Å². The van der Waals surface area contributed by atoms with Crippen LogP contribution in [0.25, 0.3) is 0 Å². The number of carbonyl (C=O) groups excluding carboxylic acids is 1. The van der Waals surface area contributed by atoms with Gasteiger partial charge in [0.1, 0.15) is 0 Å². The molecule has 5 nitrogen and oxygen atoms in total. The standard InChI is InChI=1S/C18H21N3O2/c1-3-14-11-7-8-13(2)17(14)20-16(22)12-23-21-18(19)15-9-5-4-6-10-15/h4-11H,3,12H2,1-2H3,(H2,19,21)(H,20,22). The summed E-state index contributed by atoms with van der Waals surface area (Å²) in [6.45, 7) is 3.82. The van der Waals surface area contributed by atoms with Gasteiger partial charge in [0.2, 0.25) is 0 Å². The largest absolute Gasteiger partial charge is 0.384 e. The molecule has 0 aliphatic heterocycles. The molecule has 0 aliphatic carbocycles. The van der Waals surface area contributed by atoms with Crippen molar-refractivity contribution in [3.63, 3.8) is 0 Å². The van der Waals surface area contributed by atoms with Crippen molar-refractivity contribution in [1.29, 1.82) is 0 Å². The van der Waals surface area contributed by atoms with Crippen LogP contribution in [-0.4, -0.2) is 18.3 Å². The Balaban J connectivity index is 1.94. The molecule has 0 saturated heterocycles. The molecule has 0 bridgehead atoms. The van der Waals surface area contributed by atoms with E-state index in [4.69, 9.17) is 10.6 Å². The number of para-hydroxylation sites is 1. The van der Waals surface area contributed by atoms with E-state index >= 15 is 0 Å². The Morgan fingerprint density at radius 1 is 1.17 bits per heavy atom. The first-order valence-electron chi connectivity index (χ1n) is 7.51. The van der Waals surface area contributed by atoms with Gasteiger partial charge in [0.05, 0.1) is 0 Å². The van der Waals surface area contributed by atoms with E-state index in [1.54, 1.807) is 0 Å². The molecule has 0 unspecified atom stereocenters. The molecule has 0 heterocycles. The number of nitrogens with zero attached hydrogens (tertiary/aromatic N) is 1. The zero-order chi connectivity index (χ0) is 16.7. The predicted octanol–water partition coefficient (Wildman–Crippen LogP) is 2.83. The van der Waals surface area contributed by atoms with E-state index < -0.39 is 0 Å². The molecular formula is C18H21N3O2. The van der Waals surface area contributed by atoms with Gasteiger partial charge in [-0.2, -0.15) is 0 Å². The topological polar surface area (TPSA) is 76.7 Å². The van der Waals surface area contributed by atoms with Crippen molar-refractivity contribution < 1.29 is 9.63 Å². The third-order valence-electron chi connectivity index (χ3n) is 3.43. The van der Waals surface area contributed by atoms with Crippen LogP contribution in [0.2, 0.25) is 0 Å². The molecule has 5 heteroatoms. The van der Waals surface area contributed by atoms with Crippen LogP contribution in [0.5, 0.6) is 0 Å². The number of nitrogens with one attached hydrogen (secondary N) is 1. The number of nitrogens with two attached hydrogens (primary N) is 1. The quantitative estimate of drug-likeness (QED) is 0.489. The first-order chi connectivity index (χ1) is 11.1. The molecule has 3 N–H and O–H groups in total. The maximum Gasteiger partial charge on any atom is 0.265 e. The summed E-state index contributed by atoms with van der Waals surface area (Å²) in [6.07, 6.45) is 0.845. The number of hydrogen-bond donors (Lipinski definition) is 2. The Bertz CT molecular complexity index is 697. The Morgan fingerprint density at radius 2 is 1.91 bits per heavy atom. The third kappa shape index (κ3) is 4.57. The zero-order valence-electron chi connectivity index (χ0n) is 13.4. The molecule has 2 aromatic carbocycles. The number of anilines is 1. The van der Waals surface area contributed by atoms with Crippen LogP contribution >= 0.6 is 0 Å². The second kappa shape index (κ2) is 7.98. The van der Waals surface area contributed by atoms with Crippen molar-refractivity contribution in [3.8, 4) is 0 Å². The zero-order valence-corrected chi connectivity index (χ0v) is 13.4. The van der Waals surface area contributed by atoms with E-state index in [1.165, 1.54) is 0 Å². The lowest BCUT2D eigenvalue weighted by atomic mass is 10.1. The van der Waals surface area contributed by atoms with Gasteiger partial charge in [-0.25, -0.2) is 0 Å². The second-order valence-electron chi connectivity index (χ2n) is 5.13. The van der Waals surface area contributed by atoms with Crippen LogP contribution in [0.1, 0.15) is 23.6 Å². The molecule has 1 amide bonds. The Hall–Kier alpha value is -2.82. The monoisotopic (exact) mass is 311 g/mol. The van der Waals surface area contributed by atoms with Gasteiger partial charge in [-0.15, -0.1) is 0 Å². The fourth-order valence-corrected chi connectivity index (χ4v) is 2.20. The summed E-state index contributed by atoms with van der Waals surface area (Å²) in [4.78, 5) is 17.1. The van der Waals surface area contributed by atoms with Crippen molar-refractivity contribution in [1.82, 2.24) is 0 Å². The van der Waals surface area contributed by atoms with Crippen molar-refractivity contribution in [2.24, 2.45) is 10.9 Å². The highest BCUT2D eigenvalue weighted by atomic mass is 16.6. The van der Waals surface area contributed by atoms with Gasteiger partial charge in [-0.1, -0.05) is 60.6 Å². The second-order valence-corrected chi connectivity index (χ2v) is 5.13. The highest BCUT2D eigenvalue weighted by molar-refractivity contribution is 5.97. The van der Waals surface area contributed by atoms with E-state index in [1.807, 2.05) is 62.4 Å². The Kier molecular flexibility index (Phi) is 5.74. The van der Waals surface area contributed by atoms with Crippen LogP contribution < -0.4 is 11.1 Å². The van der Waals surface area contributed by atoms with E-state index in [-0.39, 0.29) is 18.3 Å². The molecule has 0 saturated carbocycles. The summed E-state index contributed by atoms with van der Waals surface area (Å²) < 4.78 is 0. The number of carbonyl (C=O) groups is 1. The number of aryl methyl sites for hydroxylation is 2. The minimum Gasteiger partial charge on any atom is -0.384 e. The molecule has 0 aliphatic rings. The molecule has 2 rings (SSSR count). The van der Waals surface area contributed by atoms with Crippen LogP contribution in [0, 0.1) is 6.92 Å². The summed E-state index contributed by atoms with van der Waals surface area (Å²) in [6, 6.07) is 15.2. The number of rotatable bonds is 6. The summed E-state index contributed by atoms with van der Waals surface area (Å²) in [5.41, 5.74) is 9.49. The first-order valence-corrected chi connectivity index (χ1v) is 7.51. The van der Waals surface area contributed by atoms with Gasteiger partial charge in [0.25, 0.3) is 5.91 Å². The van der Waals surface area contributed by atoms with Gasteiger partial charge in [0, 0.05) is 11.3 Å². The van der Waals surface area contributed by atoms with E-state index in [0.29, 0.717) is 0 Å². The first kappa shape index (κ1) is 16.5. The third-order valence-corrected chi connectivity index (χ3v) is 3.43. The maximum atomic E-state index is 12.0. The number of amidine groups is 1. The van der Waals surface area contributed by atoms with Crippen molar-refractivity contribution in [3.05, 3.63) is 65.2 Å². The summed E-state index contributed by atoms with van der Waals surface area (Å²) >= 11 is 0. The summed E-state index contributed by atoms with van der Waals surface area (Å²) in [7, 11) is 0. The van der Waals surface area contributed by atoms with Gasteiger partial charge in [-0.3, -0.25) is 4.79 Å². The summed E-state index contributed by atoms with van der Waals surface area (Å²) in [5.74, 6) is -0.0258. The molecule has 120 valence electrons. The normalized spacial score (nSPS) is 11.1. The molecule has 0 radical (unpaired) electrons. The highest BCUT2D eigenvalue weighted by Crippen LogP contribution is 2.20. The van der Waals surface area contributed by atoms with Crippen LogP contribution in [0.3, 0.4) is 0 Å². The molecule has 0 fully saturated rings. The van der Waals surface area contributed by atoms with Crippen LogP contribution in [0.4, 0.5) is 5.69 Å². The van der Waals surface area contributed by atoms with Crippen LogP contribution in [0.15, 0.2) is 53.7 Å². The van der Waals surface area contributed by atoms with Crippen molar-refractivity contribution >= 4 is 17.4 Å². The molecule has 0 aromatic heterocycles. The minimum atomic E-state index is -0.265. The fourth-order valence-electron chi connectivity index (χ4n) is 2.20. The lowest BCUT2D eigenvalue weighted by molar-refractivity contribution is -0.120. The van der Waals surface area contributed by atoms with Gasteiger partial charge < -0.3 is 15.9 Å². The number of hydrogen-bond acceptors (Lipinski definition) is 3. The van der Waals surface area contributed by atoms with E-state index in [0.717, 1.165) is 28.8 Å². The number of benzene rings is 2. The maximum absolute atomic E-state index is 12.0. The smallest absolute Gasteiger partial charge is 0.265 e. The SMILES string of the molecule is CCc1cccc(C)c1NC(=O)CO/N=C(/N)c1ccccc1. The van der Waals surface area contributed by atoms with Gasteiger partial charge in [0.15, 0.2) is 12.4 Å². The predicted molar refractivity (Wildman–Crippen MR) is 92.3 cm³/mol. The molecule has 2 aromatic rings. The number of amides is 1. The average molecular weight is 311 g/mol. The average Bonchev–Trinajstić information content (AvgIpc) is 2.57. The Morgan fingerprint density at radius 3 is 2.61 bits per heavy atom. The molecule has 23 heavy (non-hydrogen) atoms. The van der Waals surface area contributed by atoms with E-state index in [2.05, 4.69) is 10.5 Å². The lowest BCUT2D eigenvalue weighted by Crippen LogP contribution is -2.20. The van der Waals surface area contributed by atoms with Crippen molar-refractivity contribution in [2.45, 2.75) is 20.3 Å². The van der Waals surface area contributed by atoms with Crippen molar-refractivity contribution in [2.75, 3.05) is 11.9 Å². The van der Waals surface area contributed by atoms with Crippen LogP contribution in [-0.2, 0) is 16.1 Å². The molecule has 0 atom stereocenters. The fraction of sp³-hybridized carbons (Fsp3) is 0.222. The highest BCUT2D eigenvalue weighted by Gasteiger charge is 2.09.